The molecule has 0 aliphatic heterocycles. The standard InChI is InChI=1S/C14H22O3S/c1-8-7-11(10(3)18-8)12(15)9(2)13(16)17-14(4,5)6/h7,9,12,15H,1-6H3. The third-order valence-corrected chi connectivity index (χ3v) is 3.63. The van der Waals surface area contributed by atoms with Gasteiger partial charge >= 0.3 is 5.97 Å². The van der Waals surface area contributed by atoms with E-state index >= 15 is 0 Å². The van der Waals surface area contributed by atoms with Gasteiger partial charge in [-0.1, -0.05) is 0 Å². The summed E-state index contributed by atoms with van der Waals surface area (Å²) in [6.45, 7) is 11.1. The van der Waals surface area contributed by atoms with Crippen LogP contribution in [-0.2, 0) is 9.53 Å². The Morgan fingerprint density at radius 1 is 1.39 bits per heavy atom. The molecular formula is C14H22O3S. The molecular weight excluding hydrogens is 248 g/mol. The number of aryl methyl sites for hydroxylation is 2. The molecule has 3 nitrogen and oxygen atoms in total. The molecule has 2 unspecified atom stereocenters. The van der Waals surface area contributed by atoms with Crippen molar-refractivity contribution in [1.29, 1.82) is 0 Å². The van der Waals surface area contributed by atoms with E-state index in [4.69, 9.17) is 4.74 Å². The van der Waals surface area contributed by atoms with E-state index in [2.05, 4.69) is 0 Å². The Kier molecular flexibility index (Phi) is 4.56. The fourth-order valence-corrected chi connectivity index (χ4v) is 2.70. The molecule has 102 valence electrons. The van der Waals surface area contributed by atoms with Crippen molar-refractivity contribution in [2.45, 2.75) is 53.2 Å². The fourth-order valence-electron chi connectivity index (χ4n) is 1.74. The molecule has 0 aliphatic rings. The van der Waals surface area contributed by atoms with E-state index in [1.165, 1.54) is 0 Å². The number of rotatable bonds is 3. The van der Waals surface area contributed by atoms with Gasteiger partial charge in [-0.3, -0.25) is 4.79 Å². The molecule has 0 saturated heterocycles. The molecule has 2 atom stereocenters. The summed E-state index contributed by atoms with van der Waals surface area (Å²) in [5.74, 6) is -0.921. The monoisotopic (exact) mass is 270 g/mol. The summed E-state index contributed by atoms with van der Waals surface area (Å²) in [7, 11) is 0. The van der Waals surface area contributed by atoms with E-state index < -0.39 is 17.6 Å². The van der Waals surface area contributed by atoms with Gasteiger partial charge in [-0.05, 0) is 53.2 Å². The van der Waals surface area contributed by atoms with Crippen LogP contribution in [0.4, 0.5) is 0 Å². The van der Waals surface area contributed by atoms with Crippen LogP contribution in [-0.4, -0.2) is 16.7 Å². The first-order valence-corrected chi connectivity index (χ1v) is 6.91. The van der Waals surface area contributed by atoms with Gasteiger partial charge in [0, 0.05) is 9.75 Å². The van der Waals surface area contributed by atoms with Crippen LogP contribution in [0.25, 0.3) is 0 Å². The lowest BCUT2D eigenvalue weighted by atomic mass is 9.97. The average molecular weight is 270 g/mol. The van der Waals surface area contributed by atoms with Crippen molar-refractivity contribution in [1.82, 2.24) is 0 Å². The van der Waals surface area contributed by atoms with E-state index in [-0.39, 0.29) is 5.97 Å². The van der Waals surface area contributed by atoms with Crippen molar-refractivity contribution >= 4 is 17.3 Å². The molecule has 0 bridgehead atoms. The smallest absolute Gasteiger partial charge is 0.312 e. The maximum atomic E-state index is 11.9. The fraction of sp³-hybridized carbons (Fsp3) is 0.643. The van der Waals surface area contributed by atoms with Crippen molar-refractivity contribution < 1.29 is 14.6 Å². The highest BCUT2D eigenvalue weighted by molar-refractivity contribution is 7.12. The quantitative estimate of drug-likeness (QED) is 0.857. The molecule has 18 heavy (non-hydrogen) atoms. The van der Waals surface area contributed by atoms with Gasteiger partial charge in [0.05, 0.1) is 12.0 Å². The van der Waals surface area contributed by atoms with Crippen molar-refractivity contribution in [2.75, 3.05) is 0 Å². The number of ether oxygens (including phenoxy) is 1. The number of carbonyl (C=O) groups is 1. The third-order valence-electron chi connectivity index (χ3n) is 2.65. The minimum atomic E-state index is -0.801. The van der Waals surface area contributed by atoms with E-state index in [0.717, 1.165) is 15.3 Å². The molecule has 0 aliphatic carbocycles. The highest BCUT2D eigenvalue weighted by Crippen LogP contribution is 2.31. The highest BCUT2D eigenvalue weighted by atomic mass is 32.1. The summed E-state index contributed by atoms with van der Waals surface area (Å²) in [5.41, 5.74) is 0.306. The second-order valence-electron chi connectivity index (χ2n) is 5.64. The molecule has 0 spiro atoms. The largest absolute Gasteiger partial charge is 0.460 e. The Balaban J connectivity index is 2.81. The molecule has 0 aromatic carbocycles. The van der Waals surface area contributed by atoms with E-state index in [1.54, 1.807) is 18.3 Å². The first-order valence-electron chi connectivity index (χ1n) is 6.09. The molecule has 0 saturated carbocycles. The maximum Gasteiger partial charge on any atom is 0.312 e. The second-order valence-corrected chi connectivity index (χ2v) is 7.10. The topological polar surface area (TPSA) is 46.5 Å². The molecule has 1 aromatic rings. The van der Waals surface area contributed by atoms with Crippen LogP contribution in [0.5, 0.6) is 0 Å². The Bertz CT molecular complexity index is 429. The maximum absolute atomic E-state index is 11.9. The summed E-state index contributed by atoms with van der Waals surface area (Å²) in [6.07, 6.45) is -0.801. The Hall–Kier alpha value is -0.870. The van der Waals surface area contributed by atoms with Gasteiger partial charge in [-0.25, -0.2) is 0 Å². The number of esters is 1. The average Bonchev–Trinajstić information content (AvgIpc) is 2.53. The van der Waals surface area contributed by atoms with Crippen molar-refractivity contribution in [3.63, 3.8) is 0 Å². The predicted octanol–water partition coefficient (Wildman–Crippen LogP) is 3.38. The number of aliphatic hydroxyl groups excluding tert-OH is 1. The highest BCUT2D eigenvalue weighted by Gasteiger charge is 2.29. The lowest BCUT2D eigenvalue weighted by Gasteiger charge is -2.24. The van der Waals surface area contributed by atoms with Gasteiger partial charge in [0.15, 0.2) is 0 Å². The van der Waals surface area contributed by atoms with E-state index in [1.807, 2.05) is 40.7 Å². The Labute approximate surface area is 113 Å². The summed E-state index contributed by atoms with van der Waals surface area (Å²) in [4.78, 5) is 14.1. The summed E-state index contributed by atoms with van der Waals surface area (Å²) >= 11 is 1.63. The van der Waals surface area contributed by atoms with Crippen molar-refractivity contribution in [3.05, 3.63) is 21.4 Å². The Morgan fingerprint density at radius 2 is 1.94 bits per heavy atom. The normalized spacial score (nSPS) is 15.3. The van der Waals surface area contributed by atoms with Crippen LogP contribution in [0.1, 0.15) is 49.1 Å². The van der Waals surface area contributed by atoms with Crippen molar-refractivity contribution in [2.24, 2.45) is 5.92 Å². The minimum Gasteiger partial charge on any atom is -0.460 e. The second kappa shape index (κ2) is 5.41. The molecule has 1 N–H and O–H groups in total. The molecule has 0 fully saturated rings. The first kappa shape index (κ1) is 15.2. The van der Waals surface area contributed by atoms with E-state index in [9.17, 15) is 9.90 Å². The van der Waals surface area contributed by atoms with Crippen LogP contribution >= 0.6 is 11.3 Å². The zero-order chi connectivity index (χ0) is 14.1. The summed E-state index contributed by atoms with van der Waals surface area (Å²) < 4.78 is 5.29. The lowest BCUT2D eigenvalue weighted by Crippen LogP contribution is -2.30. The number of hydrogen-bond donors (Lipinski definition) is 1. The summed E-state index contributed by atoms with van der Waals surface area (Å²) in [5, 5.41) is 10.3. The van der Waals surface area contributed by atoms with Gasteiger partial charge in [0.25, 0.3) is 0 Å². The molecule has 1 rings (SSSR count). The Morgan fingerprint density at radius 3 is 2.33 bits per heavy atom. The number of aliphatic hydroxyl groups is 1. The van der Waals surface area contributed by atoms with Gasteiger partial charge in [-0.15, -0.1) is 11.3 Å². The van der Waals surface area contributed by atoms with Crippen LogP contribution in [0, 0.1) is 19.8 Å². The van der Waals surface area contributed by atoms with Gasteiger partial charge in [0.1, 0.15) is 5.60 Å². The first-order chi connectivity index (χ1) is 8.11. The zero-order valence-electron chi connectivity index (χ0n) is 11.9. The van der Waals surface area contributed by atoms with Crippen molar-refractivity contribution in [3.8, 4) is 0 Å². The van der Waals surface area contributed by atoms with Gasteiger partial charge < -0.3 is 9.84 Å². The molecule has 1 aromatic heterocycles. The predicted molar refractivity (Wildman–Crippen MR) is 73.8 cm³/mol. The summed E-state index contributed by atoms with van der Waals surface area (Å²) in [6, 6.07) is 1.94. The minimum absolute atomic E-state index is 0.363. The molecule has 0 radical (unpaired) electrons. The lowest BCUT2D eigenvalue weighted by molar-refractivity contribution is -0.163. The molecule has 0 amide bonds. The molecule has 1 heterocycles. The number of thiophene rings is 1. The van der Waals surface area contributed by atoms with Crippen LogP contribution < -0.4 is 0 Å². The van der Waals surface area contributed by atoms with Crippen LogP contribution in [0.2, 0.25) is 0 Å². The number of hydrogen-bond acceptors (Lipinski definition) is 4. The zero-order valence-corrected chi connectivity index (χ0v) is 12.7. The van der Waals surface area contributed by atoms with E-state index in [0.29, 0.717) is 0 Å². The van der Waals surface area contributed by atoms with Gasteiger partial charge in [-0.2, -0.15) is 0 Å². The molecule has 4 heteroatoms. The van der Waals surface area contributed by atoms with Gasteiger partial charge in [0.2, 0.25) is 0 Å². The SMILES string of the molecule is Cc1cc(C(O)C(C)C(=O)OC(C)(C)C)c(C)s1. The van der Waals surface area contributed by atoms with Crippen LogP contribution in [0.15, 0.2) is 6.07 Å². The third kappa shape index (κ3) is 3.82. The number of carbonyl (C=O) groups excluding carboxylic acids is 1. The van der Waals surface area contributed by atoms with Crippen LogP contribution in [0.3, 0.4) is 0 Å².